The van der Waals surface area contributed by atoms with Crippen LogP contribution in [0, 0.1) is 0 Å². The maximum Gasteiger partial charge on any atom is 0.209 e. The molecule has 0 spiro atoms. The normalized spacial score (nSPS) is 10.5. The van der Waals surface area contributed by atoms with Crippen LogP contribution < -0.4 is 0 Å². The standard InChI is InChI=1S/C8H8BrN5S/c1-14-8(11-12-13-14)15-5-6-3-2-4-7(9)10-6/h2-4H,5H2,1H3. The summed E-state index contributed by atoms with van der Waals surface area (Å²) in [6.07, 6.45) is 0. The van der Waals surface area contributed by atoms with Crippen molar-refractivity contribution in [2.24, 2.45) is 7.05 Å². The molecule has 0 radical (unpaired) electrons. The molecule has 5 nitrogen and oxygen atoms in total. The summed E-state index contributed by atoms with van der Waals surface area (Å²) in [5.41, 5.74) is 0.998. The predicted molar refractivity (Wildman–Crippen MR) is 60.3 cm³/mol. The molecule has 0 atom stereocenters. The van der Waals surface area contributed by atoms with Crippen LogP contribution in [-0.2, 0) is 12.8 Å². The molecule has 0 aliphatic carbocycles. The highest BCUT2D eigenvalue weighted by Crippen LogP contribution is 2.18. The molecule has 0 fully saturated rings. The summed E-state index contributed by atoms with van der Waals surface area (Å²) in [6.45, 7) is 0. The SMILES string of the molecule is Cn1nnnc1SCc1cccc(Br)n1. The predicted octanol–water partition coefficient (Wildman–Crippen LogP) is 1.66. The summed E-state index contributed by atoms with van der Waals surface area (Å²) in [4.78, 5) is 4.32. The summed E-state index contributed by atoms with van der Waals surface area (Å²) in [5, 5.41) is 12.0. The van der Waals surface area contributed by atoms with Crippen molar-refractivity contribution in [2.75, 3.05) is 0 Å². The third-order valence-electron chi connectivity index (χ3n) is 1.70. The molecule has 0 aliphatic rings. The molecule has 0 saturated heterocycles. The van der Waals surface area contributed by atoms with Gasteiger partial charge in [0, 0.05) is 12.8 Å². The summed E-state index contributed by atoms with van der Waals surface area (Å²) in [6, 6.07) is 5.83. The zero-order chi connectivity index (χ0) is 10.7. The van der Waals surface area contributed by atoms with E-state index in [9.17, 15) is 0 Å². The smallest absolute Gasteiger partial charge is 0.209 e. The Morgan fingerprint density at radius 2 is 2.33 bits per heavy atom. The van der Waals surface area contributed by atoms with E-state index in [4.69, 9.17) is 0 Å². The van der Waals surface area contributed by atoms with Gasteiger partial charge in [0.1, 0.15) is 4.60 Å². The van der Waals surface area contributed by atoms with Gasteiger partial charge in [-0.05, 0) is 38.5 Å². The fourth-order valence-electron chi connectivity index (χ4n) is 1.01. The molecule has 2 aromatic rings. The Balaban J connectivity index is 2.02. The van der Waals surface area contributed by atoms with Gasteiger partial charge in [-0.15, -0.1) is 5.10 Å². The summed E-state index contributed by atoms with van der Waals surface area (Å²) in [7, 11) is 1.82. The number of aromatic nitrogens is 5. The maximum atomic E-state index is 4.32. The minimum atomic E-state index is 0.758. The minimum Gasteiger partial charge on any atom is -0.245 e. The quantitative estimate of drug-likeness (QED) is 0.634. The van der Waals surface area contributed by atoms with Crippen molar-refractivity contribution in [3.63, 3.8) is 0 Å². The fourth-order valence-corrected chi connectivity index (χ4v) is 2.15. The van der Waals surface area contributed by atoms with Crippen LogP contribution in [0.5, 0.6) is 0 Å². The first-order chi connectivity index (χ1) is 7.25. The Morgan fingerprint density at radius 3 is 3.00 bits per heavy atom. The molecule has 0 aromatic carbocycles. The van der Waals surface area contributed by atoms with Gasteiger partial charge in [0.2, 0.25) is 5.16 Å². The van der Waals surface area contributed by atoms with Crippen molar-refractivity contribution in [3.05, 3.63) is 28.5 Å². The van der Waals surface area contributed by atoms with Gasteiger partial charge in [0.15, 0.2) is 0 Å². The third kappa shape index (κ3) is 2.75. The monoisotopic (exact) mass is 285 g/mol. The lowest BCUT2D eigenvalue weighted by molar-refractivity contribution is 0.664. The van der Waals surface area contributed by atoms with Crippen molar-refractivity contribution in [2.45, 2.75) is 10.9 Å². The van der Waals surface area contributed by atoms with E-state index < -0.39 is 0 Å². The van der Waals surface area contributed by atoms with Gasteiger partial charge >= 0.3 is 0 Å². The van der Waals surface area contributed by atoms with Crippen molar-refractivity contribution in [3.8, 4) is 0 Å². The Bertz CT molecular complexity index is 458. The molecule has 2 rings (SSSR count). The van der Waals surface area contributed by atoms with Gasteiger partial charge in [-0.1, -0.05) is 17.8 Å². The van der Waals surface area contributed by atoms with Crippen LogP contribution >= 0.6 is 27.7 Å². The Kier molecular flexibility index (Phi) is 3.32. The molecule has 0 saturated carbocycles. The molecular formula is C8H8BrN5S. The molecular weight excluding hydrogens is 278 g/mol. The highest BCUT2D eigenvalue weighted by Gasteiger charge is 2.03. The molecule has 2 heterocycles. The molecule has 0 bridgehead atoms. The number of hydrogen-bond acceptors (Lipinski definition) is 5. The van der Waals surface area contributed by atoms with Crippen molar-refractivity contribution in [1.82, 2.24) is 25.2 Å². The lowest BCUT2D eigenvalue weighted by Crippen LogP contribution is -1.94. The molecule has 0 N–H and O–H groups in total. The van der Waals surface area contributed by atoms with E-state index in [1.165, 1.54) is 0 Å². The first-order valence-corrected chi connectivity index (χ1v) is 6.00. The van der Waals surface area contributed by atoms with Gasteiger partial charge in [-0.25, -0.2) is 9.67 Å². The highest BCUT2D eigenvalue weighted by atomic mass is 79.9. The number of nitrogens with zero attached hydrogens (tertiary/aromatic N) is 5. The molecule has 78 valence electrons. The van der Waals surface area contributed by atoms with Crippen molar-refractivity contribution in [1.29, 1.82) is 0 Å². The van der Waals surface area contributed by atoms with E-state index >= 15 is 0 Å². The van der Waals surface area contributed by atoms with E-state index in [0.29, 0.717) is 0 Å². The van der Waals surface area contributed by atoms with Crippen LogP contribution in [0.3, 0.4) is 0 Å². The maximum absolute atomic E-state index is 4.32. The first kappa shape index (κ1) is 10.6. The Labute approximate surface area is 99.4 Å². The lowest BCUT2D eigenvalue weighted by Gasteiger charge is -1.99. The van der Waals surface area contributed by atoms with E-state index in [2.05, 4.69) is 36.4 Å². The minimum absolute atomic E-state index is 0.758. The van der Waals surface area contributed by atoms with Crippen LogP contribution in [0.15, 0.2) is 28.0 Å². The van der Waals surface area contributed by atoms with Gasteiger partial charge in [0.25, 0.3) is 0 Å². The van der Waals surface area contributed by atoms with Gasteiger partial charge in [0.05, 0.1) is 5.69 Å². The van der Waals surface area contributed by atoms with E-state index in [1.54, 1.807) is 16.4 Å². The van der Waals surface area contributed by atoms with E-state index in [-0.39, 0.29) is 0 Å². The fraction of sp³-hybridized carbons (Fsp3) is 0.250. The zero-order valence-corrected chi connectivity index (χ0v) is 10.4. The number of hydrogen-bond donors (Lipinski definition) is 0. The molecule has 15 heavy (non-hydrogen) atoms. The van der Waals surface area contributed by atoms with Crippen LogP contribution in [0.25, 0.3) is 0 Å². The number of pyridine rings is 1. The number of thioether (sulfide) groups is 1. The van der Waals surface area contributed by atoms with Gasteiger partial charge in [-0.3, -0.25) is 0 Å². The van der Waals surface area contributed by atoms with Crippen LogP contribution in [0.4, 0.5) is 0 Å². The van der Waals surface area contributed by atoms with Crippen molar-refractivity contribution < 1.29 is 0 Å². The van der Waals surface area contributed by atoms with Gasteiger partial charge < -0.3 is 0 Å². The number of halogens is 1. The largest absolute Gasteiger partial charge is 0.245 e. The van der Waals surface area contributed by atoms with Crippen LogP contribution in [0.1, 0.15) is 5.69 Å². The average molecular weight is 286 g/mol. The first-order valence-electron chi connectivity index (χ1n) is 4.22. The topological polar surface area (TPSA) is 56.5 Å². The molecule has 0 aliphatic heterocycles. The van der Waals surface area contributed by atoms with E-state index in [0.717, 1.165) is 21.2 Å². The second kappa shape index (κ2) is 4.71. The number of rotatable bonds is 3. The van der Waals surface area contributed by atoms with Crippen LogP contribution in [-0.4, -0.2) is 25.2 Å². The number of tetrazole rings is 1. The second-order valence-electron chi connectivity index (χ2n) is 2.83. The summed E-state index contributed by atoms with van der Waals surface area (Å²) >= 11 is 4.89. The average Bonchev–Trinajstić information content (AvgIpc) is 2.61. The highest BCUT2D eigenvalue weighted by molar-refractivity contribution is 9.10. The zero-order valence-electron chi connectivity index (χ0n) is 7.96. The molecule has 0 amide bonds. The molecule has 7 heteroatoms. The summed E-state index contributed by atoms with van der Waals surface area (Å²) < 4.78 is 2.49. The van der Waals surface area contributed by atoms with Crippen LogP contribution in [0.2, 0.25) is 0 Å². The van der Waals surface area contributed by atoms with Gasteiger partial charge in [-0.2, -0.15) is 0 Å². The lowest BCUT2D eigenvalue weighted by atomic mass is 10.4. The number of aryl methyl sites for hydroxylation is 1. The summed E-state index contributed by atoms with van der Waals surface area (Å²) in [5.74, 6) is 0.758. The van der Waals surface area contributed by atoms with Crippen molar-refractivity contribution >= 4 is 27.7 Å². The Morgan fingerprint density at radius 1 is 1.47 bits per heavy atom. The Hall–Kier alpha value is -0.950. The molecule has 2 aromatic heterocycles. The van der Waals surface area contributed by atoms with E-state index in [1.807, 2.05) is 25.2 Å². The second-order valence-corrected chi connectivity index (χ2v) is 4.58. The molecule has 0 unspecified atom stereocenters. The third-order valence-corrected chi connectivity index (χ3v) is 3.19.